The second-order valence-electron chi connectivity index (χ2n) is 6.42. The van der Waals surface area contributed by atoms with Crippen LogP contribution in [-0.2, 0) is 20.8 Å². The average molecular weight is 349 g/mol. The predicted octanol–water partition coefficient (Wildman–Crippen LogP) is 3.22. The minimum atomic E-state index is -1.05. The van der Waals surface area contributed by atoms with E-state index in [1.807, 2.05) is 31.2 Å². The minimum Gasteiger partial charge on any atom is -0.478 e. The fourth-order valence-electron chi connectivity index (χ4n) is 3.07. The van der Waals surface area contributed by atoms with Gasteiger partial charge in [0, 0.05) is 12.5 Å². The highest BCUT2D eigenvalue weighted by Crippen LogP contribution is 2.29. The molecule has 0 bridgehead atoms. The van der Waals surface area contributed by atoms with Crippen molar-refractivity contribution in [2.75, 3.05) is 4.90 Å². The van der Waals surface area contributed by atoms with Crippen LogP contribution in [0.15, 0.2) is 54.6 Å². The van der Waals surface area contributed by atoms with Gasteiger partial charge in [-0.05, 0) is 42.7 Å². The Labute approximate surface area is 151 Å². The smallest absolute Gasteiger partial charge is 0.328 e. The van der Waals surface area contributed by atoms with E-state index in [1.165, 1.54) is 11.0 Å². The third kappa shape index (κ3) is 3.88. The van der Waals surface area contributed by atoms with Crippen LogP contribution in [0, 0.1) is 12.8 Å². The molecule has 26 heavy (non-hydrogen) atoms. The van der Waals surface area contributed by atoms with Crippen molar-refractivity contribution in [3.63, 3.8) is 0 Å². The van der Waals surface area contributed by atoms with E-state index in [4.69, 9.17) is 5.11 Å². The Morgan fingerprint density at radius 2 is 1.92 bits per heavy atom. The fourth-order valence-corrected chi connectivity index (χ4v) is 3.07. The number of carboxylic acids is 1. The Morgan fingerprint density at radius 1 is 1.19 bits per heavy atom. The quantitative estimate of drug-likeness (QED) is 0.664. The Bertz CT molecular complexity index is 883. The van der Waals surface area contributed by atoms with Crippen molar-refractivity contribution in [2.24, 2.45) is 5.92 Å². The lowest BCUT2D eigenvalue weighted by Gasteiger charge is -2.15. The van der Waals surface area contributed by atoms with Gasteiger partial charge in [-0.2, -0.15) is 0 Å². The lowest BCUT2D eigenvalue weighted by Crippen LogP contribution is -2.30. The number of anilines is 1. The molecule has 1 aliphatic rings. The molecule has 0 spiro atoms. The number of benzene rings is 2. The number of carbonyl (C=O) groups excluding carboxylic acids is 2. The Kier molecular flexibility index (Phi) is 4.98. The summed E-state index contributed by atoms with van der Waals surface area (Å²) in [5, 5.41) is 8.73. The number of hydrogen-bond acceptors (Lipinski definition) is 3. The van der Waals surface area contributed by atoms with Crippen LogP contribution in [0.25, 0.3) is 6.08 Å². The molecule has 0 aromatic heterocycles. The lowest BCUT2D eigenvalue weighted by atomic mass is 9.97. The van der Waals surface area contributed by atoms with Gasteiger partial charge in [0.2, 0.25) is 11.8 Å². The van der Waals surface area contributed by atoms with Crippen molar-refractivity contribution >= 4 is 29.5 Å². The van der Waals surface area contributed by atoms with E-state index in [-0.39, 0.29) is 24.2 Å². The fraction of sp³-hybridized carbons (Fsp3) is 0.190. The summed E-state index contributed by atoms with van der Waals surface area (Å²) >= 11 is 0. The predicted molar refractivity (Wildman–Crippen MR) is 98.6 cm³/mol. The molecule has 5 heteroatoms. The van der Waals surface area contributed by atoms with E-state index in [1.54, 1.807) is 24.3 Å². The van der Waals surface area contributed by atoms with Gasteiger partial charge < -0.3 is 5.11 Å². The first-order chi connectivity index (χ1) is 12.4. The second kappa shape index (κ2) is 7.35. The van der Waals surface area contributed by atoms with Crippen LogP contribution in [0.3, 0.4) is 0 Å². The molecular weight excluding hydrogens is 330 g/mol. The lowest BCUT2D eigenvalue weighted by molar-refractivity contribution is -0.131. The zero-order valence-electron chi connectivity index (χ0n) is 14.4. The summed E-state index contributed by atoms with van der Waals surface area (Å²) in [4.78, 5) is 37.0. The van der Waals surface area contributed by atoms with Crippen molar-refractivity contribution < 1.29 is 19.5 Å². The summed E-state index contributed by atoms with van der Waals surface area (Å²) in [5.74, 6) is -1.87. The molecular formula is C21H19NO4. The number of carboxylic acid groups (broad SMARTS) is 1. The van der Waals surface area contributed by atoms with Crippen LogP contribution in [0.2, 0.25) is 0 Å². The zero-order valence-corrected chi connectivity index (χ0v) is 14.4. The SMILES string of the molecule is Cc1ccc(C[C@@H]2CC(=O)N(c3cccc(/C=C/C(=O)O)c3)C2=O)cc1. The van der Waals surface area contributed by atoms with Gasteiger partial charge in [-0.3, -0.25) is 14.5 Å². The van der Waals surface area contributed by atoms with E-state index in [0.29, 0.717) is 17.7 Å². The van der Waals surface area contributed by atoms with Crippen LogP contribution in [0.4, 0.5) is 5.69 Å². The zero-order chi connectivity index (χ0) is 18.7. The van der Waals surface area contributed by atoms with Crippen molar-refractivity contribution in [3.8, 4) is 0 Å². The highest BCUT2D eigenvalue weighted by molar-refractivity contribution is 6.21. The maximum absolute atomic E-state index is 12.8. The summed E-state index contributed by atoms with van der Waals surface area (Å²) in [6.07, 6.45) is 3.16. The molecule has 1 saturated heterocycles. The van der Waals surface area contributed by atoms with Gasteiger partial charge in [0.25, 0.3) is 0 Å². The number of rotatable bonds is 5. The van der Waals surface area contributed by atoms with E-state index >= 15 is 0 Å². The molecule has 2 amide bonds. The van der Waals surface area contributed by atoms with Crippen molar-refractivity contribution in [1.82, 2.24) is 0 Å². The highest BCUT2D eigenvalue weighted by atomic mass is 16.4. The maximum atomic E-state index is 12.8. The second-order valence-corrected chi connectivity index (χ2v) is 6.42. The summed E-state index contributed by atoms with van der Waals surface area (Å²) in [7, 11) is 0. The van der Waals surface area contributed by atoms with Crippen LogP contribution in [0.1, 0.15) is 23.1 Å². The number of amides is 2. The molecule has 1 fully saturated rings. The molecule has 1 atom stereocenters. The summed E-state index contributed by atoms with van der Waals surface area (Å²) < 4.78 is 0. The molecule has 2 aromatic rings. The first-order valence-corrected chi connectivity index (χ1v) is 8.37. The van der Waals surface area contributed by atoms with Crippen LogP contribution >= 0.6 is 0 Å². The molecule has 1 aliphatic heterocycles. The number of carbonyl (C=O) groups is 3. The van der Waals surface area contributed by atoms with E-state index in [2.05, 4.69) is 0 Å². The van der Waals surface area contributed by atoms with Crippen LogP contribution in [0.5, 0.6) is 0 Å². The molecule has 132 valence electrons. The summed E-state index contributed by atoms with van der Waals surface area (Å²) in [6.45, 7) is 2.00. The third-order valence-electron chi connectivity index (χ3n) is 4.39. The number of nitrogens with zero attached hydrogens (tertiary/aromatic N) is 1. The van der Waals surface area contributed by atoms with Crippen molar-refractivity contribution in [3.05, 3.63) is 71.3 Å². The number of aryl methyl sites for hydroxylation is 1. The molecule has 3 rings (SSSR count). The van der Waals surface area contributed by atoms with Gasteiger partial charge in [0.05, 0.1) is 11.6 Å². The largest absolute Gasteiger partial charge is 0.478 e. The summed E-state index contributed by atoms with van der Waals surface area (Å²) in [5.41, 5.74) is 3.27. The van der Waals surface area contributed by atoms with Crippen LogP contribution < -0.4 is 4.90 Å². The first-order valence-electron chi connectivity index (χ1n) is 8.37. The Hall–Kier alpha value is -3.21. The van der Waals surface area contributed by atoms with Gasteiger partial charge >= 0.3 is 5.97 Å². The Morgan fingerprint density at radius 3 is 2.62 bits per heavy atom. The molecule has 1 N–H and O–H groups in total. The monoisotopic (exact) mass is 349 g/mol. The number of imide groups is 1. The normalized spacial score (nSPS) is 17.3. The Balaban J connectivity index is 1.79. The molecule has 5 nitrogen and oxygen atoms in total. The van der Waals surface area contributed by atoms with E-state index in [9.17, 15) is 14.4 Å². The van der Waals surface area contributed by atoms with E-state index < -0.39 is 5.97 Å². The van der Waals surface area contributed by atoms with Crippen LogP contribution in [-0.4, -0.2) is 22.9 Å². The van der Waals surface area contributed by atoms with Crippen molar-refractivity contribution in [2.45, 2.75) is 19.8 Å². The van der Waals surface area contributed by atoms with Gasteiger partial charge in [0.1, 0.15) is 0 Å². The average Bonchev–Trinajstić information content (AvgIpc) is 2.89. The topological polar surface area (TPSA) is 74.7 Å². The minimum absolute atomic E-state index is 0.182. The standard InChI is InChI=1S/C21H19NO4/c1-14-5-7-16(8-6-14)11-17-13-19(23)22(21(17)26)18-4-2-3-15(12-18)9-10-20(24)25/h2-10,12,17H,11,13H2,1H3,(H,24,25)/b10-9+/t17-/m1/s1. The molecule has 0 saturated carbocycles. The molecule has 0 unspecified atom stereocenters. The van der Waals surface area contributed by atoms with Gasteiger partial charge in [0.15, 0.2) is 0 Å². The molecule has 0 radical (unpaired) electrons. The molecule has 1 heterocycles. The van der Waals surface area contributed by atoms with Gasteiger partial charge in [-0.25, -0.2) is 4.79 Å². The number of hydrogen-bond donors (Lipinski definition) is 1. The molecule has 2 aromatic carbocycles. The number of aliphatic carboxylic acids is 1. The molecule has 0 aliphatic carbocycles. The highest BCUT2D eigenvalue weighted by Gasteiger charge is 2.39. The van der Waals surface area contributed by atoms with Gasteiger partial charge in [-0.15, -0.1) is 0 Å². The van der Waals surface area contributed by atoms with Crippen molar-refractivity contribution in [1.29, 1.82) is 0 Å². The summed E-state index contributed by atoms with van der Waals surface area (Å²) in [6, 6.07) is 14.7. The van der Waals surface area contributed by atoms with Gasteiger partial charge in [-0.1, -0.05) is 42.0 Å². The maximum Gasteiger partial charge on any atom is 0.328 e. The first kappa shape index (κ1) is 17.6. The third-order valence-corrected chi connectivity index (χ3v) is 4.39. The van der Waals surface area contributed by atoms with E-state index in [0.717, 1.165) is 17.2 Å².